The summed E-state index contributed by atoms with van der Waals surface area (Å²) in [5, 5.41) is 0. The quantitative estimate of drug-likeness (QED) is 0.330. The Morgan fingerprint density at radius 2 is 1.86 bits per heavy atom. The number of hydrogen-bond donors (Lipinski definition) is 0. The van der Waals surface area contributed by atoms with Gasteiger partial charge in [0.15, 0.2) is 0 Å². The van der Waals surface area contributed by atoms with E-state index in [1.165, 1.54) is 12.1 Å². The zero-order valence-corrected chi connectivity index (χ0v) is 16.2. The Hall–Kier alpha value is -2.44. The van der Waals surface area contributed by atoms with Crippen LogP contribution in [0.5, 0.6) is 0 Å². The van der Waals surface area contributed by atoms with Crippen LogP contribution in [0.15, 0.2) is 54.2 Å². The van der Waals surface area contributed by atoms with Crippen molar-refractivity contribution in [1.82, 2.24) is 4.90 Å². The fourth-order valence-corrected chi connectivity index (χ4v) is 3.24. The van der Waals surface area contributed by atoms with Crippen LogP contribution in [-0.4, -0.2) is 30.1 Å². The maximum absolute atomic E-state index is 13.7. The van der Waals surface area contributed by atoms with E-state index in [-0.39, 0.29) is 17.4 Å². The zero-order valence-electron chi connectivity index (χ0n) is 16.2. The van der Waals surface area contributed by atoms with Gasteiger partial charge in [-0.15, -0.1) is 0 Å². The molecule has 0 radical (unpaired) electrons. The topological polar surface area (TPSA) is 20.3 Å². The minimum absolute atomic E-state index is 0.105. The molecular formula is C22H24F5NO. The van der Waals surface area contributed by atoms with Crippen LogP contribution in [0.25, 0.3) is 0 Å². The Balaban J connectivity index is 1.91. The number of amides is 1. The molecule has 29 heavy (non-hydrogen) atoms. The van der Waals surface area contributed by atoms with E-state index in [9.17, 15) is 26.7 Å². The second-order valence-electron chi connectivity index (χ2n) is 7.18. The van der Waals surface area contributed by atoms with E-state index in [1.54, 1.807) is 4.90 Å². The molecule has 1 fully saturated rings. The Bertz CT molecular complexity index is 802. The van der Waals surface area contributed by atoms with E-state index in [1.807, 2.05) is 0 Å². The lowest BCUT2D eigenvalue weighted by atomic mass is 9.90. The molecule has 0 atom stereocenters. The molecule has 2 nitrogen and oxygen atoms in total. The summed E-state index contributed by atoms with van der Waals surface area (Å²) in [6.45, 7) is 5.38. The Kier molecular flexibility index (Phi) is 7.76. The van der Waals surface area contributed by atoms with Crippen molar-refractivity contribution in [2.75, 3.05) is 13.1 Å². The first-order valence-electron chi connectivity index (χ1n) is 9.43. The number of benzene rings is 1. The summed E-state index contributed by atoms with van der Waals surface area (Å²) in [6, 6.07) is 3.40. The second kappa shape index (κ2) is 9.85. The van der Waals surface area contributed by atoms with Gasteiger partial charge in [-0.1, -0.05) is 18.7 Å². The molecule has 0 unspecified atom stereocenters. The number of allylic oxidation sites excluding steroid dienone is 3. The number of aryl methyl sites for hydroxylation is 1. The van der Waals surface area contributed by atoms with Gasteiger partial charge in [-0.2, -0.15) is 13.2 Å². The summed E-state index contributed by atoms with van der Waals surface area (Å²) in [7, 11) is 0. The number of halogens is 5. The number of alkyl halides is 3. The van der Waals surface area contributed by atoms with Crippen LogP contribution in [0.4, 0.5) is 22.0 Å². The van der Waals surface area contributed by atoms with Gasteiger partial charge in [-0.25, -0.2) is 8.78 Å². The molecule has 1 amide bonds. The Labute approximate surface area is 167 Å². The number of hydrogen-bond acceptors (Lipinski definition) is 1. The SMILES string of the molecule is C=C/C(=C\C=C(/C)C(F)(F)F)C(=O)N1CCC(CCc2cc(F)ccc2F)CC1. The maximum atomic E-state index is 13.7. The van der Waals surface area contributed by atoms with Crippen molar-refractivity contribution < 1.29 is 26.7 Å². The van der Waals surface area contributed by atoms with Gasteiger partial charge in [-0.05, 0) is 68.4 Å². The number of carbonyl (C=O) groups excluding carboxylic acids is 1. The molecule has 0 aliphatic carbocycles. The minimum atomic E-state index is -4.44. The predicted molar refractivity (Wildman–Crippen MR) is 102 cm³/mol. The van der Waals surface area contributed by atoms with Crippen LogP contribution >= 0.6 is 0 Å². The molecule has 0 aromatic heterocycles. The summed E-state index contributed by atoms with van der Waals surface area (Å²) >= 11 is 0. The molecule has 0 N–H and O–H groups in total. The number of carbonyl (C=O) groups is 1. The summed E-state index contributed by atoms with van der Waals surface area (Å²) in [5.74, 6) is -0.992. The van der Waals surface area contributed by atoms with E-state index in [0.29, 0.717) is 44.3 Å². The smallest absolute Gasteiger partial charge is 0.339 e. The van der Waals surface area contributed by atoms with Crippen LogP contribution in [-0.2, 0) is 11.2 Å². The van der Waals surface area contributed by atoms with Gasteiger partial charge in [0, 0.05) is 24.2 Å². The summed E-state index contributed by atoms with van der Waals surface area (Å²) < 4.78 is 64.7. The fourth-order valence-electron chi connectivity index (χ4n) is 3.24. The van der Waals surface area contributed by atoms with Crippen molar-refractivity contribution in [3.8, 4) is 0 Å². The van der Waals surface area contributed by atoms with E-state index in [2.05, 4.69) is 6.58 Å². The van der Waals surface area contributed by atoms with Gasteiger partial charge in [-0.3, -0.25) is 4.79 Å². The number of nitrogens with zero attached hydrogens (tertiary/aromatic N) is 1. The van der Waals surface area contributed by atoms with Crippen LogP contribution in [0, 0.1) is 17.6 Å². The first-order valence-corrected chi connectivity index (χ1v) is 9.43. The zero-order chi connectivity index (χ0) is 21.6. The van der Waals surface area contributed by atoms with Gasteiger partial charge in [0.1, 0.15) is 11.6 Å². The highest BCUT2D eigenvalue weighted by atomic mass is 19.4. The monoisotopic (exact) mass is 413 g/mol. The second-order valence-corrected chi connectivity index (χ2v) is 7.18. The van der Waals surface area contributed by atoms with Crippen molar-refractivity contribution in [2.45, 2.75) is 38.8 Å². The van der Waals surface area contributed by atoms with Gasteiger partial charge < -0.3 is 4.90 Å². The third kappa shape index (κ3) is 6.54. The number of likely N-dealkylation sites (tertiary alicyclic amines) is 1. The molecule has 1 aliphatic heterocycles. The highest BCUT2D eigenvalue weighted by Crippen LogP contribution is 2.26. The van der Waals surface area contributed by atoms with E-state index in [4.69, 9.17) is 0 Å². The first kappa shape index (κ1) is 22.8. The third-order valence-corrected chi connectivity index (χ3v) is 5.16. The van der Waals surface area contributed by atoms with E-state index < -0.39 is 23.4 Å². The molecular weight excluding hydrogens is 389 g/mol. The molecule has 0 saturated carbocycles. The van der Waals surface area contributed by atoms with Crippen LogP contribution in [0.2, 0.25) is 0 Å². The van der Waals surface area contributed by atoms with Gasteiger partial charge in [0.2, 0.25) is 0 Å². The van der Waals surface area contributed by atoms with E-state index >= 15 is 0 Å². The van der Waals surface area contributed by atoms with Crippen LogP contribution < -0.4 is 0 Å². The highest BCUT2D eigenvalue weighted by Gasteiger charge is 2.29. The molecule has 0 bridgehead atoms. The molecule has 0 spiro atoms. The normalized spacial score (nSPS) is 16.8. The van der Waals surface area contributed by atoms with Crippen molar-refractivity contribution in [2.24, 2.45) is 5.92 Å². The molecule has 1 aromatic rings. The Morgan fingerprint density at radius 1 is 1.21 bits per heavy atom. The average molecular weight is 413 g/mol. The lowest BCUT2D eigenvalue weighted by molar-refractivity contribution is -0.128. The van der Waals surface area contributed by atoms with Gasteiger partial charge in [0.05, 0.1) is 0 Å². The van der Waals surface area contributed by atoms with Crippen LogP contribution in [0.1, 0.15) is 31.7 Å². The van der Waals surface area contributed by atoms with Gasteiger partial charge in [0.25, 0.3) is 5.91 Å². The predicted octanol–water partition coefficient (Wildman–Crippen LogP) is 5.76. The maximum Gasteiger partial charge on any atom is 0.412 e. The van der Waals surface area contributed by atoms with Crippen molar-refractivity contribution in [1.29, 1.82) is 0 Å². The Morgan fingerprint density at radius 3 is 2.45 bits per heavy atom. The largest absolute Gasteiger partial charge is 0.412 e. The molecule has 7 heteroatoms. The van der Waals surface area contributed by atoms with Crippen LogP contribution in [0.3, 0.4) is 0 Å². The lowest BCUT2D eigenvalue weighted by Crippen LogP contribution is -2.39. The highest BCUT2D eigenvalue weighted by molar-refractivity contribution is 5.96. The summed E-state index contributed by atoms with van der Waals surface area (Å²) in [6.07, 6.45) is 1.31. The summed E-state index contributed by atoms with van der Waals surface area (Å²) in [4.78, 5) is 14.1. The van der Waals surface area contributed by atoms with Gasteiger partial charge >= 0.3 is 6.18 Å². The minimum Gasteiger partial charge on any atom is -0.339 e. The number of piperidine rings is 1. The molecule has 1 aromatic carbocycles. The third-order valence-electron chi connectivity index (χ3n) is 5.16. The van der Waals surface area contributed by atoms with Crippen molar-refractivity contribution in [3.63, 3.8) is 0 Å². The molecule has 158 valence electrons. The molecule has 1 saturated heterocycles. The van der Waals surface area contributed by atoms with Crippen molar-refractivity contribution >= 4 is 5.91 Å². The average Bonchev–Trinajstić information content (AvgIpc) is 2.68. The standard InChI is InChI=1S/C22H24F5NO/c1-3-17(6-4-15(2)22(25,26)27)21(29)28-12-10-16(11-13-28)5-7-18-14-19(23)8-9-20(18)24/h3-4,6,8-9,14,16H,1,5,7,10-13H2,2H3/b15-4+,17-6+. The molecule has 1 aliphatic rings. The molecule has 2 rings (SSSR count). The summed E-state index contributed by atoms with van der Waals surface area (Å²) in [5.41, 5.74) is -0.353. The number of rotatable bonds is 6. The van der Waals surface area contributed by atoms with Crippen molar-refractivity contribution in [3.05, 3.63) is 71.4 Å². The first-order chi connectivity index (χ1) is 13.6. The fraction of sp³-hybridized carbons (Fsp3) is 0.409. The molecule has 1 heterocycles. The van der Waals surface area contributed by atoms with E-state index in [0.717, 1.165) is 31.2 Å². The lowest BCUT2D eigenvalue weighted by Gasteiger charge is -2.32.